The molecule has 6 heteroatoms. The first kappa shape index (κ1) is 15.1. The fourth-order valence-electron chi connectivity index (χ4n) is 2.71. The molecule has 2 fully saturated rings. The lowest BCUT2D eigenvalue weighted by atomic mass is 10.1. The molecule has 1 aromatic rings. The van der Waals surface area contributed by atoms with E-state index in [0.717, 1.165) is 18.4 Å². The first-order valence-electron chi connectivity index (χ1n) is 7.20. The number of hydrogen-bond acceptors (Lipinski definition) is 3. The van der Waals surface area contributed by atoms with E-state index in [1.807, 2.05) is 17.0 Å². The van der Waals surface area contributed by atoms with Gasteiger partial charge in [0.2, 0.25) is 5.91 Å². The molecule has 114 valence electrons. The Morgan fingerprint density at radius 2 is 2.10 bits per heavy atom. The molecule has 0 aromatic heterocycles. The summed E-state index contributed by atoms with van der Waals surface area (Å²) < 4.78 is 0. The fourth-order valence-corrected chi connectivity index (χ4v) is 3.03. The normalized spacial score (nSPS) is 25.1. The number of nitrogens with zero attached hydrogens (tertiary/aromatic N) is 1. The Kier molecular flexibility index (Phi) is 4.41. The standard InChI is InChI=1S/C15H18Cl2N2O2/c16-12-4-1-9(5-13(12)17)8-19(10-2-3-10)15(21)14-6-11(20)7-18-14/h1,4-5,10-11,14,18,20H,2-3,6-8H2. The number of benzene rings is 1. The van der Waals surface area contributed by atoms with Crippen LogP contribution < -0.4 is 5.32 Å². The average Bonchev–Trinajstić information content (AvgIpc) is 3.20. The summed E-state index contributed by atoms with van der Waals surface area (Å²) in [4.78, 5) is 14.5. The number of halogens is 2. The maximum absolute atomic E-state index is 12.6. The lowest BCUT2D eigenvalue weighted by Crippen LogP contribution is -2.44. The van der Waals surface area contributed by atoms with Crippen molar-refractivity contribution in [3.8, 4) is 0 Å². The molecule has 1 aromatic carbocycles. The van der Waals surface area contributed by atoms with Gasteiger partial charge in [-0.1, -0.05) is 29.3 Å². The summed E-state index contributed by atoms with van der Waals surface area (Å²) in [6, 6.07) is 5.50. The molecule has 1 saturated carbocycles. The third kappa shape index (κ3) is 3.51. The molecule has 4 nitrogen and oxygen atoms in total. The Morgan fingerprint density at radius 1 is 1.33 bits per heavy atom. The molecule has 1 amide bonds. The Morgan fingerprint density at radius 3 is 2.67 bits per heavy atom. The summed E-state index contributed by atoms with van der Waals surface area (Å²) in [5.74, 6) is 0.0696. The van der Waals surface area contributed by atoms with E-state index in [0.29, 0.717) is 35.6 Å². The van der Waals surface area contributed by atoms with Crippen molar-refractivity contribution in [3.05, 3.63) is 33.8 Å². The van der Waals surface area contributed by atoms with Crippen molar-refractivity contribution in [1.29, 1.82) is 0 Å². The molecule has 0 spiro atoms. The quantitative estimate of drug-likeness (QED) is 0.890. The summed E-state index contributed by atoms with van der Waals surface area (Å²) in [5.41, 5.74) is 0.975. The van der Waals surface area contributed by atoms with Gasteiger partial charge in [-0.3, -0.25) is 4.79 Å². The number of β-amino-alcohol motifs (C(OH)–C–C–N with tert-alkyl or cyclic N) is 1. The summed E-state index contributed by atoms with van der Waals surface area (Å²) in [6.45, 7) is 1.02. The van der Waals surface area contributed by atoms with Crippen LogP contribution in [0.1, 0.15) is 24.8 Å². The van der Waals surface area contributed by atoms with Gasteiger partial charge in [-0.05, 0) is 37.0 Å². The Bertz CT molecular complexity index is 548. The highest BCUT2D eigenvalue weighted by Crippen LogP contribution is 2.31. The van der Waals surface area contributed by atoms with Crippen LogP contribution in [0.15, 0.2) is 18.2 Å². The van der Waals surface area contributed by atoms with Gasteiger partial charge in [-0.15, -0.1) is 0 Å². The van der Waals surface area contributed by atoms with E-state index >= 15 is 0 Å². The van der Waals surface area contributed by atoms with Crippen LogP contribution in [-0.2, 0) is 11.3 Å². The topological polar surface area (TPSA) is 52.6 Å². The van der Waals surface area contributed by atoms with Crippen LogP contribution in [0.2, 0.25) is 10.0 Å². The second-order valence-electron chi connectivity index (χ2n) is 5.80. The van der Waals surface area contributed by atoms with Crippen LogP contribution in [0.4, 0.5) is 0 Å². The summed E-state index contributed by atoms with van der Waals surface area (Å²) in [7, 11) is 0. The zero-order valence-corrected chi connectivity index (χ0v) is 13.1. The van der Waals surface area contributed by atoms with E-state index in [2.05, 4.69) is 5.32 Å². The van der Waals surface area contributed by atoms with Crippen LogP contribution in [-0.4, -0.2) is 40.6 Å². The number of amides is 1. The zero-order valence-electron chi connectivity index (χ0n) is 11.6. The highest BCUT2D eigenvalue weighted by molar-refractivity contribution is 6.42. The van der Waals surface area contributed by atoms with Crippen LogP contribution in [0.3, 0.4) is 0 Å². The van der Waals surface area contributed by atoms with Gasteiger partial charge in [0, 0.05) is 19.1 Å². The minimum atomic E-state index is -0.426. The fraction of sp³-hybridized carbons (Fsp3) is 0.533. The third-order valence-electron chi connectivity index (χ3n) is 4.01. The van der Waals surface area contributed by atoms with Crippen LogP contribution >= 0.6 is 23.2 Å². The second kappa shape index (κ2) is 6.13. The van der Waals surface area contributed by atoms with E-state index < -0.39 is 6.10 Å². The van der Waals surface area contributed by atoms with Crippen LogP contribution in [0.25, 0.3) is 0 Å². The number of aliphatic hydroxyl groups is 1. The van der Waals surface area contributed by atoms with Gasteiger partial charge >= 0.3 is 0 Å². The first-order valence-corrected chi connectivity index (χ1v) is 7.96. The minimum absolute atomic E-state index is 0.0696. The van der Waals surface area contributed by atoms with Gasteiger partial charge in [-0.25, -0.2) is 0 Å². The van der Waals surface area contributed by atoms with Gasteiger partial charge in [0.15, 0.2) is 0 Å². The van der Waals surface area contributed by atoms with E-state index in [1.54, 1.807) is 6.07 Å². The van der Waals surface area contributed by atoms with Gasteiger partial charge in [0.1, 0.15) is 0 Å². The van der Waals surface area contributed by atoms with E-state index in [4.69, 9.17) is 23.2 Å². The van der Waals surface area contributed by atoms with Crippen molar-refractivity contribution in [1.82, 2.24) is 10.2 Å². The van der Waals surface area contributed by atoms with Gasteiger partial charge in [0.25, 0.3) is 0 Å². The molecule has 2 unspecified atom stereocenters. The monoisotopic (exact) mass is 328 g/mol. The van der Waals surface area contributed by atoms with Crippen LogP contribution in [0, 0.1) is 0 Å². The van der Waals surface area contributed by atoms with Crippen molar-refractivity contribution < 1.29 is 9.90 Å². The number of rotatable bonds is 4. The number of aliphatic hydroxyl groups excluding tert-OH is 1. The molecular formula is C15H18Cl2N2O2. The summed E-state index contributed by atoms with van der Waals surface area (Å²) in [6.07, 6.45) is 2.15. The summed E-state index contributed by atoms with van der Waals surface area (Å²) in [5, 5.41) is 13.7. The third-order valence-corrected chi connectivity index (χ3v) is 4.75. The molecule has 2 aliphatic rings. The number of nitrogens with one attached hydrogen (secondary N) is 1. The summed E-state index contributed by atoms with van der Waals surface area (Å²) >= 11 is 12.0. The average molecular weight is 329 g/mol. The van der Waals surface area contributed by atoms with Gasteiger partial charge in [0.05, 0.1) is 22.2 Å². The van der Waals surface area contributed by atoms with Crippen molar-refractivity contribution >= 4 is 29.1 Å². The molecular weight excluding hydrogens is 311 g/mol. The van der Waals surface area contributed by atoms with Crippen molar-refractivity contribution in [2.24, 2.45) is 0 Å². The second-order valence-corrected chi connectivity index (χ2v) is 6.61. The van der Waals surface area contributed by atoms with E-state index in [1.165, 1.54) is 0 Å². The highest BCUT2D eigenvalue weighted by Gasteiger charge is 2.38. The molecule has 2 atom stereocenters. The first-order chi connectivity index (χ1) is 10.0. The Labute approximate surface area is 134 Å². The molecule has 0 bridgehead atoms. The van der Waals surface area contributed by atoms with Crippen LogP contribution in [0.5, 0.6) is 0 Å². The largest absolute Gasteiger partial charge is 0.392 e. The lowest BCUT2D eigenvalue weighted by Gasteiger charge is -2.26. The molecule has 2 N–H and O–H groups in total. The predicted octanol–water partition coefficient (Wildman–Crippen LogP) is 2.21. The maximum Gasteiger partial charge on any atom is 0.240 e. The molecule has 1 aliphatic carbocycles. The SMILES string of the molecule is O=C(C1CC(O)CN1)N(Cc1ccc(Cl)c(Cl)c1)C1CC1. The Balaban J connectivity index is 1.72. The van der Waals surface area contributed by atoms with Gasteiger partial charge < -0.3 is 15.3 Å². The molecule has 1 saturated heterocycles. The number of carbonyl (C=O) groups excluding carboxylic acids is 1. The molecule has 21 heavy (non-hydrogen) atoms. The highest BCUT2D eigenvalue weighted by atomic mass is 35.5. The van der Waals surface area contributed by atoms with Crippen molar-refractivity contribution in [2.75, 3.05) is 6.54 Å². The maximum atomic E-state index is 12.6. The van der Waals surface area contributed by atoms with E-state index in [-0.39, 0.29) is 11.9 Å². The predicted molar refractivity (Wildman–Crippen MR) is 82.4 cm³/mol. The van der Waals surface area contributed by atoms with Crippen molar-refractivity contribution in [3.63, 3.8) is 0 Å². The molecule has 0 radical (unpaired) electrons. The zero-order chi connectivity index (χ0) is 15.0. The van der Waals surface area contributed by atoms with Gasteiger partial charge in [-0.2, -0.15) is 0 Å². The molecule has 1 aliphatic heterocycles. The minimum Gasteiger partial charge on any atom is -0.392 e. The van der Waals surface area contributed by atoms with Crippen molar-refractivity contribution in [2.45, 2.75) is 44.0 Å². The molecule has 1 heterocycles. The number of carbonyl (C=O) groups is 1. The number of hydrogen-bond donors (Lipinski definition) is 2. The smallest absolute Gasteiger partial charge is 0.240 e. The lowest BCUT2D eigenvalue weighted by molar-refractivity contribution is -0.134. The Hall–Kier alpha value is -0.810. The van der Waals surface area contributed by atoms with E-state index in [9.17, 15) is 9.90 Å². The molecule has 3 rings (SSSR count).